The third kappa shape index (κ3) is 3.79. The van der Waals surface area contributed by atoms with Crippen molar-refractivity contribution in [2.24, 2.45) is 0 Å². The lowest BCUT2D eigenvalue weighted by atomic mass is 10.3. The molecule has 7 heteroatoms. The van der Waals surface area contributed by atoms with Crippen LogP contribution in [0.5, 0.6) is 5.75 Å². The molecule has 2 N–H and O–H groups in total. The van der Waals surface area contributed by atoms with Gasteiger partial charge in [-0.3, -0.25) is 9.59 Å². The molecule has 0 radical (unpaired) electrons. The molecule has 1 aromatic carbocycles. The molecule has 0 bridgehead atoms. The minimum atomic E-state index is -0.283. The normalized spacial score (nSPS) is 9.85. The van der Waals surface area contributed by atoms with E-state index in [0.717, 1.165) is 0 Å². The number of thiazole rings is 1. The molecule has 0 saturated carbocycles. The van der Waals surface area contributed by atoms with Crippen molar-refractivity contribution in [3.05, 3.63) is 40.8 Å². The molecule has 20 heavy (non-hydrogen) atoms. The van der Waals surface area contributed by atoms with Crippen LogP contribution < -0.4 is 15.4 Å². The maximum atomic E-state index is 11.8. The van der Waals surface area contributed by atoms with Crippen LogP contribution in [-0.2, 0) is 4.79 Å². The Hall–Kier alpha value is -2.41. The number of hydrogen-bond acceptors (Lipinski definition) is 5. The van der Waals surface area contributed by atoms with Crippen LogP contribution in [0, 0.1) is 0 Å². The molecule has 0 aliphatic rings. The molecule has 1 heterocycles. The van der Waals surface area contributed by atoms with E-state index in [2.05, 4.69) is 15.6 Å². The van der Waals surface area contributed by atoms with Gasteiger partial charge in [0.05, 0.1) is 5.51 Å². The van der Waals surface area contributed by atoms with Gasteiger partial charge in [0.25, 0.3) is 11.8 Å². The molecule has 104 valence electrons. The fourth-order valence-electron chi connectivity index (χ4n) is 1.40. The van der Waals surface area contributed by atoms with Crippen LogP contribution in [0.2, 0.25) is 0 Å². The molecule has 1 aromatic heterocycles. The van der Waals surface area contributed by atoms with Gasteiger partial charge in [-0.2, -0.15) is 0 Å². The number of hydrogen-bond donors (Lipinski definition) is 2. The summed E-state index contributed by atoms with van der Waals surface area (Å²) in [7, 11) is 1.54. The Morgan fingerprint density at radius 2 is 2.25 bits per heavy atom. The van der Waals surface area contributed by atoms with Crippen LogP contribution >= 0.6 is 11.3 Å². The number of rotatable bonds is 5. The number of nitrogens with zero attached hydrogens (tertiary/aromatic N) is 1. The molecule has 0 aliphatic heterocycles. The zero-order chi connectivity index (χ0) is 14.4. The van der Waals surface area contributed by atoms with Crippen molar-refractivity contribution in [3.63, 3.8) is 0 Å². The highest BCUT2D eigenvalue weighted by molar-refractivity contribution is 7.07. The first-order valence-corrected chi connectivity index (χ1v) is 6.76. The summed E-state index contributed by atoms with van der Waals surface area (Å²) in [5, 5.41) is 6.84. The minimum Gasteiger partial charge on any atom is -0.484 e. The van der Waals surface area contributed by atoms with Crippen molar-refractivity contribution in [2.45, 2.75) is 0 Å². The average Bonchev–Trinajstić information content (AvgIpc) is 2.99. The van der Waals surface area contributed by atoms with Gasteiger partial charge in [0.15, 0.2) is 6.61 Å². The average molecular weight is 291 g/mol. The van der Waals surface area contributed by atoms with Gasteiger partial charge in [0.1, 0.15) is 11.4 Å². The summed E-state index contributed by atoms with van der Waals surface area (Å²) in [6.45, 7) is -0.0695. The number of ether oxygens (including phenoxy) is 1. The van der Waals surface area contributed by atoms with Crippen molar-refractivity contribution in [1.29, 1.82) is 0 Å². The fourth-order valence-corrected chi connectivity index (χ4v) is 1.94. The topological polar surface area (TPSA) is 80.3 Å². The summed E-state index contributed by atoms with van der Waals surface area (Å²) in [5.74, 6) is 0.00120. The van der Waals surface area contributed by atoms with Crippen LogP contribution in [0.1, 0.15) is 10.5 Å². The number of likely N-dealkylation sites (N-methyl/N-ethyl adjacent to an activating group) is 1. The lowest BCUT2D eigenvalue weighted by Crippen LogP contribution is -2.24. The fraction of sp³-hybridized carbons (Fsp3) is 0.154. The Kier molecular flexibility index (Phi) is 4.67. The van der Waals surface area contributed by atoms with E-state index in [4.69, 9.17) is 4.74 Å². The Labute approximate surface area is 119 Å². The minimum absolute atomic E-state index is 0.0695. The number of anilines is 1. The zero-order valence-electron chi connectivity index (χ0n) is 10.8. The van der Waals surface area contributed by atoms with Gasteiger partial charge in [-0.25, -0.2) is 4.98 Å². The number of carbonyl (C=O) groups is 2. The van der Waals surface area contributed by atoms with Crippen molar-refractivity contribution < 1.29 is 14.3 Å². The number of benzene rings is 1. The predicted octanol–water partition coefficient (Wildman–Crippen LogP) is 1.52. The molecule has 0 unspecified atom stereocenters. The third-order valence-corrected chi connectivity index (χ3v) is 2.99. The van der Waals surface area contributed by atoms with E-state index in [9.17, 15) is 9.59 Å². The molecule has 0 fully saturated rings. The van der Waals surface area contributed by atoms with E-state index >= 15 is 0 Å². The molecule has 6 nitrogen and oxygen atoms in total. The number of amides is 2. The van der Waals surface area contributed by atoms with Crippen LogP contribution in [0.4, 0.5) is 5.69 Å². The van der Waals surface area contributed by atoms with Crippen LogP contribution in [-0.4, -0.2) is 30.5 Å². The van der Waals surface area contributed by atoms with E-state index in [-0.39, 0.29) is 18.4 Å². The van der Waals surface area contributed by atoms with Crippen LogP contribution in [0.15, 0.2) is 35.2 Å². The molecule has 0 atom stereocenters. The molecule has 2 rings (SSSR count). The van der Waals surface area contributed by atoms with Crippen molar-refractivity contribution >= 4 is 28.8 Å². The van der Waals surface area contributed by atoms with Gasteiger partial charge in [-0.1, -0.05) is 6.07 Å². The highest BCUT2D eigenvalue weighted by Gasteiger charge is 2.08. The summed E-state index contributed by atoms with van der Waals surface area (Å²) < 4.78 is 5.29. The molecular formula is C13H13N3O3S. The molecule has 0 spiro atoms. The monoisotopic (exact) mass is 291 g/mol. The third-order valence-electron chi connectivity index (χ3n) is 2.41. The number of nitrogens with one attached hydrogen (secondary N) is 2. The second-order valence-corrected chi connectivity index (χ2v) is 4.54. The summed E-state index contributed by atoms with van der Waals surface area (Å²) in [4.78, 5) is 26.8. The Bertz CT molecular complexity index is 599. The van der Waals surface area contributed by atoms with Crippen molar-refractivity contribution in [2.75, 3.05) is 19.0 Å². The Morgan fingerprint density at radius 1 is 1.40 bits per heavy atom. The maximum absolute atomic E-state index is 11.8. The Morgan fingerprint density at radius 3 is 2.95 bits per heavy atom. The first-order valence-electron chi connectivity index (χ1n) is 5.82. The predicted molar refractivity (Wildman–Crippen MR) is 76.1 cm³/mol. The van der Waals surface area contributed by atoms with Gasteiger partial charge in [0.2, 0.25) is 0 Å². The van der Waals surface area contributed by atoms with Gasteiger partial charge in [0, 0.05) is 24.2 Å². The van der Waals surface area contributed by atoms with E-state index in [1.807, 2.05) is 0 Å². The quantitative estimate of drug-likeness (QED) is 0.875. The summed E-state index contributed by atoms with van der Waals surface area (Å²) >= 11 is 1.35. The maximum Gasteiger partial charge on any atom is 0.275 e. The first-order chi connectivity index (χ1) is 9.69. The van der Waals surface area contributed by atoms with Gasteiger partial charge >= 0.3 is 0 Å². The second-order valence-electron chi connectivity index (χ2n) is 3.82. The molecule has 2 amide bonds. The van der Waals surface area contributed by atoms with Gasteiger partial charge in [-0.05, 0) is 12.1 Å². The molecule has 0 aliphatic carbocycles. The highest BCUT2D eigenvalue weighted by atomic mass is 32.1. The van der Waals surface area contributed by atoms with E-state index in [1.165, 1.54) is 18.4 Å². The van der Waals surface area contributed by atoms with Crippen LogP contribution in [0.25, 0.3) is 0 Å². The first kappa shape index (κ1) is 14.0. The largest absolute Gasteiger partial charge is 0.484 e. The molecule has 2 aromatic rings. The highest BCUT2D eigenvalue weighted by Crippen LogP contribution is 2.18. The van der Waals surface area contributed by atoms with Crippen LogP contribution in [0.3, 0.4) is 0 Å². The lowest BCUT2D eigenvalue weighted by Gasteiger charge is -2.08. The molecular weight excluding hydrogens is 278 g/mol. The number of aromatic nitrogens is 1. The summed E-state index contributed by atoms with van der Waals surface area (Å²) in [6.07, 6.45) is 0. The SMILES string of the molecule is CNC(=O)COc1cccc(NC(=O)c2cscn2)c1. The van der Waals surface area contributed by atoms with E-state index in [1.54, 1.807) is 35.2 Å². The van der Waals surface area contributed by atoms with E-state index < -0.39 is 0 Å². The van der Waals surface area contributed by atoms with Crippen molar-refractivity contribution in [1.82, 2.24) is 10.3 Å². The van der Waals surface area contributed by atoms with Gasteiger partial charge in [-0.15, -0.1) is 11.3 Å². The van der Waals surface area contributed by atoms with Gasteiger partial charge < -0.3 is 15.4 Å². The standard InChI is InChI=1S/C13H13N3O3S/c1-14-12(17)6-19-10-4-2-3-9(5-10)16-13(18)11-7-20-8-15-11/h2-5,7-8H,6H2,1H3,(H,14,17)(H,16,18). The van der Waals surface area contributed by atoms with Crippen molar-refractivity contribution in [3.8, 4) is 5.75 Å². The smallest absolute Gasteiger partial charge is 0.275 e. The summed E-state index contributed by atoms with van der Waals surface area (Å²) in [5.41, 5.74) is 2.54. The second kappa shape index (κ2) is 6.67. The summed E-state index contributed by atoms with van der Waals surface area (Å²) in [6, 6.07) is 6.82. The number of carbonyl (C=O) groups excluding carboxylic acids is 2. The van der Waals surface area contributed by atoms with E-state index in [0.29, 0.717) is 17.1 Å². The molecule has 0 saturated heterocycles. The lowest BCUT2D eigenvalue weighted by molar-refractivity contribution is -0.122. The Balaban J connectivity index is 1.99. The zero-order valence-corrected chi connectivity index (χ0v) is 11.6.